The second kappa shape index (κ2) is 4.95. The number of hydrogen-bond donors (Lipinski definition) is 0. The summed E-state index contributed by atoms with van der Waals surface area (Å²) in [7, 11) is 3.43. The second-order valence-corrected chi connectivity index (χ2v) is 4.13. The van der Waals surface area contributed by atoms with E-state index in [4.69, 9.17) is 9.47 Å². The molecule has 0 spiro atoms. The number of hydrogen-bond acceptors (Lipinski definition) is 3. The zero-order valence-corrected chi connectivity index (χ0v) is 9.98. The lowest BCUT2D eigenvalue weighted by molar-refractivity contribution is -0.281. The van der Waals surface area contributed by atoms with Gasteiger partial charge in [-0.25, -0.2) is 4.90 Å². The van der Waals surface area contributed by atoms with E-state index in [0.29, 0.717) is 0 Å². The summed E-state index contributed by atoms with van der Waals surface area (Å²) in [6, 6.07) is 10.4. The summed E-state index contributed by atoms with van der Waals surface area (Å²) in [5.74, 6) is -0.518. The largest absolute Gasteiger partial charge is 0.341 e. The van der Waals surface area contributed by atoms with Crippen LogP contribution in [0.2, 0.25) is 0 Å². The van der Waals surface area contributed by atoms with E-state index in [2.05, 4.69) is 29.2 Å². The molecule has 2 rings (SSSR count). The Hall–Kier alpha value is -0.900. The van der Waals surface area contributed by atoms with Gasteiger partial charge in [-0.2, -0.15) is 0 Å². The van der Waals surface area contributed by atoms with Gasteiger partial charge in [0.15, 0.2) is 0 Å². The minimum Gasteiger partial charge on any atom is -0.341 e. The first kappa shape index (κ1) is 11.6. The molecular formula is C13H19NO2. The molecule has 0 unspecified atom stereocenters. The third-order valence-corrected chi connectivity index (χ3v) is 3.26. The molecule has 0 N–H and O–H groups in total. The van der Waals surface area contributed by atoms with Gasteiger partial charge < -0.3 is 9.47 Å². The maximum absolute atomic E-state index is 5.54. The summed E-state index contributed by atoms with van der Waals surface area (Å²) in [5.41, 5.74) is 1.29. The molecule has 88 valence electrons. The third-order valence-electron chi connectivity index (χ3n) is 3.26. The average molecular weight is 221 g/mol. The Balaban J connectivity index is 2.09. The molecule has 0 aliphatic carbocycles. The lowest BCUT2D eigenvalue weighted by Gasteiger charge is -2.35. The van der Waals surface area contributed by atoms with E-state index < -0.39 is 5.91 Å². The summed E-state index contributed by atoms with van der Waals surface area (Å²) in [6.45, 7) is 1.90. The van der Waals surface area contributed by atoms with Crippen molar-refractivity contribution in [2.75, 3.05) is 20.8 Å². The average Bonchev–Trinajstić information content (AvgIpc) is 2.74. The smallest absolute Gasteiger partial charge is 0.229 e. The third kappa shape index (κ3) is 2.12. The molecule has 1 fully saturated rings. The molecule has 1 heterocycles. The molecule has 3 nitrogen and oxygen atoms in total. The van der Waals surface area contributed by atoms with Gasteiger partial charge in [0.05, 0.1) is 0 Å². The van der Waals surface area contributed by atoms with Gasteiger partial charge in [0, 0.05) is 33.7 Å². The molecule has 1 aromatic carbocycles. The maximum Gasteiger partial charge on any atom is 0.229 e. The molecule has 0 amide bonds. The van der Waals surface area contributed by atoms with Gasteiger partial charge >= 0.3 is 0 Å². The molecular weight excluding hydrogens is 202 g/mol. The Labute approximate surface area is 97.0 Å². The maximum atomic E-state index is 5.54. The van der Waals surface area contributed by atoms with E-state index in [9.17, 15) is 0 Å². The van der Waals surface area contributed by atoms with Crippen LogP contribution in [0, 0.1) is 0 Å². The van der Waals surface area contributed by atoms with E-state index in [-0.39, 0.29) is 0 Å². The Morgan fingerprint density at radius 2 is 1.88 bits per heavy atom. The van der Waals surface area contributed by atoms with Crippen LogP contribution in [-0.2, 0) is 16.0 Å². The van der Waals surface area contributed by atoms with E-state index >= 15 is 0 Å². The van der Waals surface area contributed by atoms with Crippen molar-refractivity contribution in [2.24, 2.45) is 0 Å². The van der Waals surface area contributed by atoms with Crippen LogP contribution in [0.25, 0.3) is 0 Å². The highest BCUT2D eigenvalue weighted by atomic mass is 16.7. The summed E-state index contributed by atoms with van der Waals surface area (Å²) < 4.78 is 11.1. The quantitative estimate of drug-likeness (QED) is 0.728. The van der Waals surface area contributed by atoms with Crippen LogP contribution >= 0.6 is 0 Å². The zero-order chi connectivity index (χ0) is 11.4. The van der Waals surface area contributed by atoms with Crippen molar-refractivity contribution in [3.8, 4) is 0 Å². The molecule has 1 aromatic rings. The summed E-state index contributed by atoms with van der Waals surface area (Å²) in [4.78, 5) is 2.25. The van der Waals surface area contributed by atoms with Gasteiger partial charge in [0.25, 0.3) is 0 Å². The van der Waals surface area contributed by atoms with E-state index in [1.165, 1.54) is 5.56 Å². The summed E-state index contributed by atoms with van der Waals surface area (Å²) >= 11 is 0. The van der Waals surface area contributed by atoms with Gasteiger partial charge in [0.1, 0.15) is 0 Å². The Morgan fingerprint density at radius 3 is 2.50 bits per heavy atom. The fourth-order valence-electron chi connectivity index (χ4n) is 2.37. The van der Waals surface area contributed by atoms with Crippen molar-refractivity contribution in [1.29, 1.82) is 0 Å². The fraction of sp³-hybridized carbons (Fsp3) is 0.538. The highest BCUT2D eigenvalue weighted by Gasteiger charge is 2.41. The van der Waals surface area contributed by atoms with Gasteiger partial charge in [-0.3, -0.25) is 0 Å². The Morgan fingerprint density at radius 1 is 1.19 bits per heavy atom. The first-order chi connectivity index (χ1) is 7.80. The summed E-state index contributed by atoms with van der Waals surface area (Å²) in [5, 5.41) is 0. The minimum absolute atomic E-state index is 0.518. The molecule has 16 heavy (non-hydrogen) atoms. The van der Waals surface area contributed by atoms with E-state index in [1.54, 1.807) is 14.2 Å². The Bertz CT molecular complexity index is 322. The summed E-state index contributed by atoms with van der Waals surface area (Å²) in [6.07, 6.45) is 2.06. The zero-order valence-electron chi connectivity index (χ0n) is 9.98. The number of ether oxygens (including phenoxy) is 2. The first-order valence-corrected chi connectivity index (χ1v) is 5.70. The van der Waals surface area contributed by atoms with Crippen molar-refractivity contribution in [3.63, 3.8) is 0 Å². The van der Waals surface area contributed by atoms with Crippen molar-refractivity contribution in [3.05, 3.63) is 35.9 Å². The number of benzene rings is 1. The first-order valence-electron chi connectivity index (χ1n) is 5.70. The topological polar surface area (TPSA) is 21.7 Å². The van der Waals surface area contributed by atoms with Crippen LogP contribution in [0.5, 0.6) is 0 Å². The second-order valence-electron chi connectivity index (χ2n) is 4.13. The lowest BCUT2D eigenvalue weighted by Crippen LogP contribution is -2.46. The SMILES string of the molecule is COC1(OC)CCCN1Cc1ccccc1. The minimum atomic E-state index is -0.518. The van der Waals surface area contributed by atoms with Gasteiger partial charge in [0.2, 0.25) is 5.91 Å². The molecule has 1 saturated heterocycles. The highest BCUT2D eigenvalue weighted by Crippen LogP contribution is 2.31. The van der Waals surface area contributed by atoms with Crippen LogP contribution in [-0.4, -0.2) is 31.6 Å². The predicted octanol–water partition coefficient (Wildman–Crippen LogP) is 2.23. The van der Waals surface area contributed by atoms with E-state index in [0.717, 1.165) is 25.9 Å². The molecule has 0 atom stereocenters. The van der Waals surface area contributed by atoms with Crippen LogP contribution in [0.4, 0.5) is 0 Å². The molecule has 0 bridgehead atoms. The van der Waals surface area contributed by atoms with Gasteiger partial charge in [-0.1, -0.05) is 30.3 Å². The number of nitrogens with zero attached hydrogens (tertiary/aromatic N) is 1. The monoisotopic (exact) mass is 221 g/mol. The molecule has 1 aliphatic rings. The van der Waals surface area contributed by atoms with Crippen LogP contribution < -0.4 is 0 Å². The molecule has 1 aliphatic heterocycles. The van der Waals surface area contributed by atoms with Crippen molar-refractivity contribution in [2.45, 2.75) is 25.3 Å². The fourth-order valence-corrected chi connectivity index (χ4v) is 2.37. The van der Waals surface area contributed by atoms with Crippen LogP contribution in [0.1, 0.15) is 18.4 Å². The van der Waals surface area contributed by atoms with Crippen molar-refractivity contribution in [1.82, 2.24) is 4.90 Å². The predicted molar refractivity (Wildman–Crippen MR) is 62.8 cm³/mol. The molecule has 3 heteroatoms. The highest BCUT2D eigenvalue weighted by molar-refractivity contribution is 5.14. The van der Waals surface area contributed by atoms with E-state index in [1.807, 2.05) is 6.07 Å². The Kier molecular flexibility index (Phi) is 3.59. The van der Waals surface area contributed by atoms with Gasteiger partial charge in [-0.15, -0.1) is 0 Å². The normalized spacial score (nSPS) is 20.1. The molecule has 0 aromatic heterocycles. The number of methoxy groups -OCH3 is 2. The van der Waals surface area contributed by atoms with Crippen LogP contribution in [0.15, 0.2) is 30.3 Å². The standard InChI is InChI=1S/C13H19NO2/c1-15-13(16-2)9-6-10-14(13)11-12-7-4-3-5-8-12/h3-5,7-8H,6,9-11H2,1-2H3. The van der Waals surface area contributed by atoms with Crippen molar-refractivity contribution < 1.29 is 9.47 Å². The van der Waals surface area contributed by atoms with Gasteiger partial charge in [-0.05, 0) is 12.0 Å². The van der Waals surface area contributed by atoms with Crippen molar-refractivity contribution >= 4 is 0 Å². The molecule has 0 radical (unpaired) electrons. The number of likely N-dealkylation sites (tertiary alicyclic amines) is 1. The number of rotatable bonds is 4. The molecule has 0 saturated carbocycles. The lowest BCUT2D eigenvalue weighted by atomic mass is 10.2. The van der Waals surface area contributed by atoms with Crippen LogP contribution in [0.3, 0.4) is 0 Å².